The summed E-state index contributed by atoms with van der Waals surface area (Å²) in [6.07, 6.45) is 7.03. The van der Waals surface area contributed by atoms with Gasteiger partial charge in [-0.25, -0.2) is 0 Å². The molecule has 0 aliphatic carbocycles. The molecule has 1 fully saturated rings. The number of hydrogen-bond acceptors (Lipinski definition) is 3. The summed E-state index contributed by atoms with van der Waals surface area (Å²) < 4.78 is 6.10. The Hall–Kier alpha value is -2.56. The molecule has 27 heavy (non-hydrogen) atoms. The van der Waals surface area contributed by atoms with E-state index >= 15 is 0 Å². The highest BCUT2D eigenvalue weighted by molar-refractivity contribution is 5.80. The molecule has 0 unspecified atom stereocenters. The summed E-state index contributed by atoms with van der Waals surface area (Å²) in [7, 11) is 0. The molecule has 1 aromatic heterocycles. The molecule has 2 heterocycles. The van der Waals surface area contributed by atoms with Gasteiger partial charge < -0.3 is 15.0 Å². The number of nitrogens with one attached hydrogen (secondary N) is 1. The van der Waals surface area contributed by atoms with Gasteiger partial charge >= 0.3 is 0 Å². The van der Waals surface area contributed by atoms with E-state index in [0.29, 0.717) is 0 Å². The molecule has 1 aliphatic rings. The lowest BCUT2D eigenvalue weighted by Gasteiger charge is -2.34. The highest BCUT2D eigenvalue weighted by Crippen LogP contribution is 2.18. The number of ether oxygens (including phenoxy) is 1. The van der Waals surface area contributed by atoms with E-state index in [1.54, 1.807) is 0 Å². The van der Waals surface area contributed by atoms with Crippen LogP contribution in [0.5, 0.6) is 5.75 Å². The molecule has 1 N–H and O–H groups in total. The topological polar surface area (TPSA) is 49.8 Å². The number of likely N-dealkylation sites (tertiary alicyclic amines) is 1. The van der Waals surface area contributed by atoms with Crippen LogP contribution in [0.4, 0.5) is 0 Å². The monoisotopic (exact) mass is 366 g/mol. The highest BCUT2D eigenvalue weighted by atomic mass is 16.5. The van der Waals surface area contributed by atoms with E-state index in [0.717, 1.165) is 57.2 Å². The largest absolute Gasteiger partial charge is 0.490 e. The molecule has 144 valence electrons. The second-order valence-corrected chi connectivity index (χ2v) is 6.91. The number of para-hydroxylation sites is 1. The van der Waals surface area contributed by atoms with E-state index in [9.17, 15) is 0 Å². The Morgan fingerprint density at radius 3 is 2.70 bits per heavy atom. The Labute approximate surface area is 162 Å². The number of aliphatic imine (C=N–C) groups is 1. The van der Waals surface area contributed by atoms with Crippen LogP contribution in [0.1, 0.15) is 30.9 Å². The molecule has 0 spiro atoms. The molecular formula is C22H30N4O. The fourth-order valence-corrected chi connectivity index (χ4v) is 3.37. The van der Waals surface area contributed by atoms with Crippen molar-refractivity contribution < 1.29 is 4.74 Å². The van der Waals surface area contributed by atoms with Gasteiger partial charge in [0.25, 0.3) is 0 Å². The molecule has 1 aliphatic heterocycles. The van der Waals surface area contributed by atoms with E-state index in [1.165, 1.54) is 11.1 Å². The lowest BCUT2D eigenvalue weighted by molar-refractivity contribution is 0.129. The van der Waals surface area contributed by atoms with Gasteiger partial charge in [0.15, 0.2) is 5.96 Å². The van der Waals surface area contributed by atoms with Gasteiger partial charge in [-0.05, 0) is 49.6 Å². The molecule has 3 rings (SSSR count). The van der Waals surface area contributed by atoms with E-state index in [2.05, 4.69) is 35.1 Å². The first-order valence-corrected chi connectivity index (χ1v) is 9.90. The van der Waals surface area contributed by atoms with Gasteiger partial charge in [-0.1, -0.05) is 18.2 Å². The number of guanidine groups is 1. The predicted octanol–water partition coefficient (Wildman–Crippen LogP) is 3.44. The lowest BCUT2D eigenvalue weighted by Crippen LogP contribution is -2.47. The number of pyridine rings is 1. The maximum absolute atomic E-state index is 6.10. The summed E-state index contributed by atoms with van der Waals surface area (Å²) in [6, 6.07) is 12.2. The van der Waals surface area contributed by atoms with E-state index < -0.39 is 0 Å². The first kappa shape index (κ1) is 19.2. The van der Waals surface area contributed by atoms with Gasteiger partial charge in [0, 0.05) is 51.4 Å². The SMILES string of the molecule is CCNC(=NCCc1ccncc1C)N1CCC(Oc2ccccc2)CC1. The van der Waals surface area contributed by atoms with Crippen LogP contribution < -0.4 is 10.1 Å². The highest BCUT2D eigenvalue weighted by Gasteiger charge is 2.22. The van der Waals surface area contributed by atoms with Crippen molar-refractivity contribution in [3.63, 3.8) is 0 Å². The Bertz CT molecular complexity index is 724. The van der Waals surface area contributed by atoms with E-state index in [1.807, 2.05) is 42.7 Å². The fourth-order valence-electron chi connectivity index (χ4n) is 3.37. The average molecular weight is 367 g/mol. The van der Waals surface area contributed by atoms with Gasteiger partial charge in [0.05, 0.1) is 0 Å². The zero-order valence-corrected chi connectivity index (χ0v) is 16.4. The Morgan fingerprint density at radius 1 is 1.22 bits per heavy atom. The Kier molecular flexibility index (Phi) is 7.08. The standard InChI is InChI=1S/C22H30N4O/c1-3-24-22(25-14-10-19-9-13-23-17-18(19)2)26-15-11-21(12-16-26)27-20-7-5-4-6-8-20/h4-9,13,17,21H,3,10-12,14-16H2,1-2H3,(H,24,25). The predicted molar refractivity (Wildman–Crippen MR) is 110 cm³/mol. The number of aryl methyl sites for hydroxylation is 1. The van der Waals surface area contributed by atoms with Crippen LogP contribution in [-0.2, 0) is 6.42 Å². The summed E-state index contributed by atoms with van der Waals surface area (Å²) >= 11 is 0. The van der Waals surface area contributed by atoms with E-state index in [-0.39, 0.29) is 6.10 Å². The van der Waals surface area contributed by atoms with Gasteiger partial charge in [-0.2, -0.15) is 0 Å². The molecule has 0 atom stereocenters. The molecule has 0 bridgehead atoms. The number of aromatic nitrogens is 1. The first-order chi connectivity index (χ1) is 13.3. The third-order valence-electron chi connectivity index (χ3n) is 4.90. The van der Waals surface area contributed by atoms with Crippen molar-refractivity contribution in [1.82, 2.24) is 15.2 Å². The summed E-state index contributed by atoms with van der Waals surface area (Å²) in [5, 5.41) is 3.44. The van der Waals surface area contributed by atoms with Gasteiger partial charge in [-0.3, -0.25) is 9.98 Å². The second kappa shape index (κ2) is 9.95. The van der Waals surface area contributed by atoms with Crippen LogP contribution in [0.25, 0.3) is 0 Å². The smallest absolute Gasteiger partial charge is 0.193 e. The molecule has 1 saturated heterocycles. The molecule has 0 radical (unpaired) electrons. The van der Waals surface area contributed by atoms with Gasteiger partial charge in [-0.15, -0.1) is 0 Å². The third-order valence-corrected chi connectivity index (χ3v) is 4.90. The zero-order valence-electron chi connectivity index (χ0n) is 16.4. The normalized spacial score (nSPS) is 15.6. The van der Waals surface area contributed by atoms with Crippen molar-refractivity contribution in [2.75, 3.05) is 26.2 Å². The molecular weight excluding hydrogens is 336 g/mol. The van der Waals surface area contributed by atoms with Crippen molar-refractivity contribution in [2.24, 2.45) is 4.99 Å². The zero-order chi connectivity index (χ0) is 18.9. The maximum atomic E-state index is 6.10. The summed E-state index contributed by atoms with van der Waals surface area (Å²) in [6.45, 7) is 7.83. The minimum atomic E-state index is 0.283. The van der Waals surface area contributed by atoms with Crippen molar-refractivity contribution in [3.05, 3.63) is 59.9 Å². The summed E-state index contributed by atoms with van der Waals surface area (Å²) in [4.78, 5) is 11.4. The first-order valence-electron chi connectivity index (χ1n) is 9.90. The van der Waals surface area contributed by atoms with Crippen molar-refractivity contribution in [1.29, 1.82) is 0 Å². The van der Waals surface area contributed by atoms with Gasteiger partial charge in [0.2, 0.25) is 0 Å². The second-order valence-electron chi connectivity index (χ2n) is 6.91. The van der Waals surface area contributed by atoms with Crippen LogP contribution in [0.15, 0.2) is 53.8 Å². The van der Waals surface area contributed by atoms with Crippen molar-refractivity contribution in [2.45, 2.75) is 39.2 Å². The van der Waals surface area contributed by atoms with Crippen molar-refractivity contribution >= 4 is 5.96 Å². The lowest BCUT2D eigenvalue weighted by atomic mass is 10.1. The van der Waals surface area contributed by atoms with Crippen LogP contribution >= 0.6 is 0 Å². The summed E-state index contributed by atoms with van der Waals surface area (Å²) in [5.74, 6) is 1.98. The molecule has 0 amide bonds. The molecule has 1 aromatic carbocycles. The maximum Gasteiger partial charge on any atom is 0.193 e. The third kappa shape index (κ3) is 5.71. The number of rotatable bonds is 6. The minimum absolute atomic E-state index is 0.283. The van der Waals surface area contributed by atoms with Crippen LogP contribution in [0.2, 0.25) is 0 Å². The molecule has 5 nitrogen and oxygen atoms in total. The Balaban J connectivity index is 1.52. The average Bonchev–Trinajstić information content (AvgIpc) is 2.70. The number of nitrogens with zero attached hydrogens (tertiary/aromatic N) is 3. The molecule has 5 heteroatoms. The fraction of sp³-hybridized carbons (Fsp3) is 0.455. The van der Waals surface area contributed by atoms with Crippen LogP contribution in [0, 0.1) is 6.92 Å². The van der Waals surface area contributed by atoms with Crippen molar-refractivity contribution in [3.8, 4) is 5.75 Å². The number of hydrogen-bond donors (Lipinski definition) is 1. The quantitative estimate of drug-likeness (QED) is 0.628. The van der Waals surface area contributed by atoms with Crippen LogP contribution in [0.3, 0.4) is 0 Å². The molecule has 0 saturated carbocycles. The number of piperidine rings is 1. The van der Waals surface area contributed by atoms with Gasteiger partial charge in [0.1, 0.15) is 11.9 Å². The minimum Gasteiger partial charge on any atom is -0.490 e. The van der Waals surface area contributed by atoms with Crippen LogP contribution in [-0.4, -0.2) is 48.1 Å². The Morgan fingerprint density at radius 2 is 2.00 bits per heavy atom. The summed E-state index contributed by atoms with van der Waals surface area (Å²) in [5.41, 5.74) is 2.55. The number of benzene rings is 1. The van der Waals surface area contributed by atoms with E-state index in [4.69, 9.17) is 9.73 Å². The molecule has 2 aromatic rings.